The fourth-order valence-corrected chi connectivity index (χ4v) is 1.97. The van der Waals surface area contributed by atoms with Crippen molar-refractivity contribution in [1.82, 2.24) is 5.32 Å². The minimum atomic E-state index is -0.587. The molecule has 2 rings (SSSR count). The Hall–Kier alpha value is -2.27. The SMILES string of the molecule is O=C(NCCc1ccc(O)cc1)Nc1c(F)cccc1Cl. The van der Waals surface area contributed by atoms with Crippen molar-refractivity contribution in [3.63, 3.8) is 0 Å². The van der Waals surface area contributed by atoms with E-state index in [1.807, 2.05) is 0 Å². The highest BCUT2D eigenvalue weighted by molar-refractivity contribution is 6.33. The number of hydrogen-bond donors (Lipinski definition) is 3. The lowest BCUT2D eigenvalue weighted by molar-refractivity contribution is 0.252. The Balaban J connectivity index is 1.84. The van der Waals surface area contributed by atoms with Gasteiger partial charge in [0.05, 0.1) is 10.7 Å². The minimum absolute atomic E-state index is 0.0405. The molecule has 2 aromatic carbocycles. The molecule has 2 aromatic rings. The number of anilines is 1. The van der Waals surface area contributed by atoms with Crippen molar-refractivity contribution in [3.05, 3.63) is 58.9 Å². The van der Waals surface area contributed by atoms with Crippen LogP contribution in [-0.4, -0.2) is 17.7 Å². The van der Waals surface area contributed by atoms with Crippen molar-refractivity contribution in [2.75, 3.05) is 11.9 Å². The number of phenols is 1. The maximum atomic E-state index is 13.5. The maximum Gasteiger partial charge on any atom is 0.319 e. The van der Waals surface area contributed by atoms with Gasteiger partial charge < -0.3 is 15.7 Å². The number of phenolic OH excluding ortho intramolecular Hbond substituents is 1. The van der Waals surface area contributed by atoms with Crippen LogP contribution in [0, 0.1) is 5.82 Å². The first-order valence-electron chi connectivity index (χ1n) is 6.33. The van der Waals surface area contributed by atoms with Crippen molar-refractivity contribution in [2.24, 2.45) is 0 Å². The number of urea groups is 1. The van der Waals surface area contributed by atoms with Gasteiger partial charge in [-0.1, -0.05) is 29.8 Å². The average molecular weight is 309 g/mol. The topological polar surface area (TPSA) is 61.4 Å². The van der Waals surface area contributed by atoms with Gasteiger partial charge in [0.25, 0.3) is 0 Å². The maximum absolute atomic E-state index is 13.5. The van der Waals surface area contributed by atoms with Crippen LogP contribution in [0.25, 0.3) is 0 Å². The van der Waals surface area contributed by atoms with E-state index >= 15 is 0 Å². The number of rotatable bonds is 4. The normalized spacial score (nSPS) is 10.2. The molecule has 0 aliphatic heterocycles. The van der Waals surface area contributed by atoms with Crippen LogP contribution in [0.2, 0.25) is 5.02 Å². The molecule has 0 aliphatic rings. The molecular weight excluding hydrogens is 295 g/mol. The fraction of sp³-hybridized carbons (Fsp3) is 0.133. The van der Waals surface area contributed by atoms with Gasteiger partial charge in [0.15, 0.2) is 0 Å². The van der Waals surface area contributed by atoms with Gasteiger partial charge in [-0.25, -0.2) is 9.18 Å². The molecule has 2 amide bonds. The van der Waals surface area contributed by atoms with Crippen molar-refractivity contribution in [1.29, 1.82) is 0 Å². The number of nitrogens with one attached hydrogen (secondary N) is 2. The molecule has 0 heterocycles. The third kappa shape index (κ3) is 4.36. The second-order valence-corrected chi connectivity index (χ2v) is 4.80. The van der Waals surface area contributed by atoms with E-state index in [1.54, 1.807) is 24.3 Å². The molecule has 3 N–H and O–H groups in total. The Labute approximate surface area is 126 Å². The summed E-state index contributed by atoms with van der Waals surface area (Å²) < 4.78 is 13.5. The Morgan fingerprint density at radius 2 is 1.90 bits per heavy atom. The summed E-state index contributed by atoms with van der Waals surface area (Å²) in [5.41, 5.74) is 0.929. The third-order valence-corrected chi connectivity index (χ3v) is 3.15. The molecule has 0 aliphatic carbocycles. The van der Waals surface area contributed by atoms with Gasteiger partial charge in [-0.3, -0.25) is 0 Å². The van der Waals surface area contributed by atoms with Crippen LogP contribution < -0.4 is 10.6 Å². The molecular formula is C15H14ClFN2O2. The van der Waals surface area contributed by atoms with Crippen LogP contribution in [0.4, 0.5) is 14.9 Å². The molecule has 0 radical (unpaired) electrons. The van der Waals surface area contributed by atoms with Crippen molar-refractivity contribution >= 4 is 23.3 Å². The second kappa shape index (κ2) is 6.95. The summed E-state index contributed by atoms with van der Waals surface area (Å²) in [5, 5.41) is 14.3. The third-order valence-electron chi connectivity index (χ3n) is 2.84. The summed E-state index contributed by atoms with van der Waals surface area (Å²) >= 11 is 5.81. The first-order valence-corrected chi connectivity index (χ1v) is 6.71. The highest BCUT2D eigenvalue weighted by Crippen LogP contribution is 2.24. The van der Waals surface area contributed by atoms with E-state index in [2.05, 4.69) is 10.6 Å². The van der Waals surface area contributed by atoms with Gasteiger partial charge >= 0.3 is 6.03 Å². The Morgan fingerprint density at radius 1 is 1.19 bits per heavy atom. The molecule has 21 heavy (non-hydrogen) atoms. The van der Waals surface area contributed by atoms with Crippen molar-refractivity contribution < 1.29 is 14.3 Å². The van der Waals surface area contributed by atoms with Crippen LogP contribution in [0.1, 0.15) is 5.56 Å². The monoisotopic (exact) mass is 308 g/mol. The largest absolute Gasteiger partial charge is 0.508 e. The summed E-state index contributed by atoms with van der Waals surface area (Å²) in [6.45, 7) is 0.378. The van der Waals surface area contributed by atoms with Crippen molar-refractivity contribution in [3.8, 4) is 5.75 Å². The molecule has 6 heteroatoms. The van der Waals surface area contributed by atoms with E-state index in [1.165, 1.54) is 18.2 Å². The molecule has 0 unspecified atom stereocenters. The van der Waals surface area contributed by atoms with Gasteiger partial charge in [-0.15, -0.1) is 0 Å². The van der Waals surface area contributed by atoms with Crippen LogP contribution >= 0.6 is 11.6 Å². The number of amides is 2. The minimum Gasteiger partial charge on any atom is -0.508 e. The first kappa shape index (κ1) is 15.1. The van der Waals surface area contributed by atoms with E-state index in [0.29, 0.717) is 13.0 Å². The lowest BCUT2D eigenvalue weighted by atomic mass is 10.1. The lowest BCUT2D eigenvalue weighted by Gasteiger charge is -2.09. The Morgan fingerprint density at radius 3 is 2.57 bits per heavy atom. The molecule has 0 atom stereocenters. The Kier molecular flexibility index (Phi) is 5.00. The first-order chi connectivity index (χ1) is 10.1. The van der Waals surface area contributed by atoms with E-state index < -0.39 is 11.8 Å². The van der Waals surface area contributed by atoms with E-state index in [4.69, 9.17) is 16.7 Å². The molecule has 0 aromatic heterocycles. The zero-order chi connectivity index (χ0) is 15.2. The molecule has 110 valence electrons. The summed E-state index contributed by atoms with van der Waals surface area (Å²) in [6, 6.07) is 10.3. The predicted octanol–water partition coefficient (Wildman–Crippen LogP) is 3.55. The zero-order valence-electron chi connectivity index (χ0n) is 11.1. The molecule has 4 nitrogen and oxygen atoms in total. The van der Waals surface area contributed by atoms with Crippen LogP contribution in [-0.2, 0) is 6.42 Å². The summed E-state index contributed by atoms with van der Waals surface area (Å²) in [7, 11) is 0. The Bertz CT molecular complexity index is 612. The lowest BCUT2D eigenvalue weighted by Crippen LogP contribution is -2.30. The average Bonchev–Trinajstić information content (AvgIpc) is 2.45. The standard InChI is InChI=1S/C15H14ClFN2O2/c16-12-2-1-3-13(17)14(12)19-15(21)18-9-8-10-4-6-11(20)7-5-10/h1-7,20H,8-9H2,(H2,18,19,21). The number of carbonyl (C=O) groups is 1. The number of aromatic hydroxyl groups is 1. The molecule has 0 bridgehead atoms. The molecule has 0 saturated carbocycles. The van der Waals surface area contributed by atoms with Crippen LogP contribution in [0.15, 0.2) is 42.5 Å². The molecule has 0 spiro atoms. The number of hydrogen-bond acceptors (Lipinski definition) is 2. The highest BCUT2D eigenvalue weighted by atomic mass is 35.5. The quantitative estimate of drug-likeness (QED) is 0.809. The summed E-state index contributed by atoms with van der Waals surface area (Å²) in [6.07, 6.45) is 0.596. The van der Waals surface area contributed by atoms with Crippen LogP contribution in [0.5, 0.6) is 5.75 Å². The summed E-state index contributed by atoms with van der Waals surface area (Å²) in [4.78, 5) is 11.7. The van der Waals surface area contributed by atoms with E-state index in [-0.39, 0.29) is 16.5 Å². The highest BCUT2D eigenvalue weighted by Gasteiger charge is 2.09. The van der Waals surface area contributed by atoms with Gasteiger partial charge in [-0.05, 0) is 36.2 Å². The van der Waals surface area contributed by atoms with Gasteiger partial charge in [0, 0.05) is 6.54 Å². The van der Waals surface area contributed by atoms with Gasteiger partial charge in [-0.2, -0.15) is 0 Å². The second-order valence-electron chi connectivity index (χ2n) is 4.39. The van der Waals surface area contributed by atoms with E-state index in [9.17, 15) is 9.18 Å². The zero-order valence-corrected chi connectivity index (χ0v) is 11.8. The van der Waals surface area contributed by atoms with Crippen molar-refractivity contribution in [2.45, 2.75) is 6.42 Å². The molecule has 0 saturated heterocycles. The molecule has 0 fully saturated rings. The summed E-state index contributed by atoms with van der Waals surface area (Å²) in [5.74, 6) is -0.394. The predicted molar refractivity (Wildman–Crippen MR) is 80.2 cm³/mol. The fourth-order valence-electron chi connectivity index (χ4n) is 1.76. The smallest absolute Gasteiger partial charge is 0.319 e. The van der Waals surface area contributed by atoms with E-state index in [0.717, 1.165) is 5.56 Å². The van der Waals surface area contributed by atoms with Crippen LogP contribution in [0.3, 0.4) is 0 Å². The van der Waals surface area contributed by atoms with Gasteiger partial charge in [0.2, 0.25) is 0 Å². The number of benzene rings is 2. The number of carbonyl (C=O) groups excluding carboxylic acids is 1. The number of halogens is 2. The van der Waals surface area contributed by atoms with Gasteiger partial charge in [0.1, 0.15) is 11.6 Å². The number of para-hydroxylation sites is 1.